The van der Waals surface area contributed by atoms with Crippen molar-refractivity contribution < 1.29 is 13.5 Å². The van der Waals surface area contributed by atoms with Crippen LogP contribution in [-0.2, 0) is 16.9 Å². The third-order valence-corrected chi connectivity index (χ3v) is 3.59. The maximum absolute atomic E-state index is 14.2. The zero-order valence-corrected chi connectivity index (χ0v) is 11.2. The predicted molar refractivity (Wildman–Crippen MR) is 68.2 cm³/mol. The van der Waals surface area contributed by atoms with Crippen molar-refractivity contribution in [3.05, 3.63) is 60.7 Å². The van der Waals surface area contributed by atoms with Gasteiger partial charge in [0, 0.05) is 11.6 Å². The third kappa shape index (κ3) is 1.98. The number of benzene rings is 1. The fourth-order valence-corrected chi connectivity index (χ4v) is 2.56. The lowest BCUT2D eigenvalue weighted by molar-refractivity contribution is 0.246. The second kappa shape index (κ2) is 4.67. The van der Waals surface area contributed by atoms with Crippen LogP contribution in [-0.4, -0.2) is 29.5 Å². The van der Waals surface area contributed by atoms with Crippen molar-refractivity contribution in [3.63, 3.8) is 0 Å². The van der Waals surface area contributed by atoms with Gasteiger partial charge in [0.2, 0.25) is 0 Å². The zero-order valence-electron chi connectivity index (χ0n) is 11.2. The molecule has 1 saturated heterocycles. The van der Waals surface area contributed by atoms with Gasteiger partial charge >= 0.3 is 0 Å². The molecule has 112 valence electrons. The molecule has 2 aromatic heterocycles. The van der Waals surface area contributed by atoms with Crippen molar-refractivity contribution in [2.75, 3.05) is 0 Å². The molecule has 0 spiro atoms. The number of epoxide rings is 1. The summed E-state index contributed by atoms with van der Waals surface area (Å²) in [4.78, 5) is 7.72. The van der Waals surface area contributed by atoms with Gasteiger partial charge in [0.1, 0.15) is 36.9 Å². The maximum atomic E-state index is 14.2. The van der Waals surface area contributed by atoms with Gasteiger partial charge in [0.05, 0.1) is 6.54 Å². The number of ether oxygens (including phenoxy) is 1. The molecule has 0 aliphatic carbocycles. The molecule has 0 unspecified atom stereocenters. The Bertz CT molecular complexity index is 791. The van der Waals surface area contributed by atoms with E-state index in [0.717, 1.165) is 6.07 Å². The standard InChI is InChI=1S/C13H10F2N6O/c14-9-1-2-10(11(15)3-9)13(4-20-7-16-5-18-20)12(22-13)21-8-17-6-19-21/h1-3,5-8,12H,4H2/t12-,13+/m1/s1. The minimum Gasteiger partial charge on any atom is -0.335 e. The van der Waals surface area contributed by atoms with E-state index < -0.39 is 23.5 Å². The molecule has 3 heterocycles. The molecule has 1 aliphatic rings. The second-order valence-corrected chi connectivity index (χ2v) is 4.95. The Kier molecular flexibility index (Phi) is 2.76. The first-order chi connectivity index (χ1) is 10.7. The van der Waals surface area contributed by atoms with E-state index in [0.29, 0.717) is 0 Å². The van der Waals surface area contributed by atoms with Gasteiger partial charge in [-0.15, -0.1) is 0 Å². The van der Waals surface area contributed by atoms with Crippen molar-refractivity contribution in [2.24, 2.45) is 0 Å². The minimum absolute atomic E-state index is 0.222. The van der Waals surface area contributed by atoms with Crippen LogP contribution in [0.3, 0.4) is 0 Å². The van der Waals surface area contributed by atoms with Gasteiger partial charge in [-0.3, -0.25) is 0 Å². The van der Waals surface area contributed by atoms with Crippen LogP contribution in [0.5, 0.6) is 0 Å². The Labute approximate surface area is 123 Å². The first-order valence-electron chi connectivity index (χ1n) is 6.49. The average Bonchev–Trinajstić information content (AvgIpc) is 2.91. The molecule has 0 bridgehead atoms. The first-order valence-corrected chi connectivity index (χ1v) is 6.49. The Morgan fingerprint density at radius 3 is 2.64 bits per heavy atom. The summed E-state index contributed by atoms with van der Waals surface area (Å²) in [5.74, 6) is -1.32. The molecule has 1 aromatic carbocycles. The Balaban J connectivity index is 1.76. The van der Waals surface area contributed by atoms with Crippen LogP contribution in [0.2, 0.25) is 0 Å². The van der Waals surface area contributed by atoms with E-state index in [4.69, 9.17) is 4.74 Å². The van der Waals surface area contributed by atoms with Crippen molar-refractivity contribution in [3.8, 4) is 0 Å². The lowest BCUT2D eigenvalue weighted by Gasteiger charge is -2.14. The van der Waals surface area contributed by atoms with Gasteiger partial charge in [-0.1, -0.05) is 6.07 Å². The molecule has 0 N–H and O–H groups in total. The van der Waals surface area contributed by atoms with E-state index in [1.807, 2.05) is 0 Å². The molecular weight excluding hydrogens is 294 g/mol. The molecule has 9 heteroatoms. The summed E-state index contributed by atoms with van der Waals surface area (Å²) in [7, 11) is 0. The zero-order chi connectivity index (χ0) is 15.2. The fourth-order valence-electron chi connectivity index (χ4n) is 2.56. The minimum atomic E-state index is -1.03. The van der Waals surface area contributed by atoms with Crippen molar-refractivity contribution in [1.29, 1.82) is 0 Å². The van der Waals surface area contributed by atoms with Crippen molar-refractivity contribution >= 4 is 0 Å². The first kappa shape index (κ1) is 13.0. The Morgan fingerprint density at radius 2 is 1.95 bits per heavy atom. The van der Waals surface area contributed by atoms with Gasteiger partial charge in [0.25, 0.3) is 0 Å². The highest BCUT2D eigenvalue weighted by molar-refractivity contribution is 5.30. The van der Waals surface area contributed by atoms with Crippen LogP contribution in [0.15, 0.2) is 43.5 Å². The highest BCUT2D eigenvalue weighted by Crippen LogP contribution is 2.55. The quantitative estimate of drug-likeness (QED) is 0.679. The van der Waals surface area contributed by atoms with E-state index in [1.165, 1.54) is 46.8 Å². The van der Waals surface area contributed by atoms with Gasteiger partial charge in [0.15, 0.2) is 11.8 Å². The summed E-state index contributed by atoms with van der Waals surface area (Å²) in [5, 5.41) is 8.03. The van der Waals surface area contributed by atoms with E-state index >= 15 is 0 Å². The molecule has 0 amide bonds. The molecule has 2 atom stereocenters. The number of nitrogens with zero attached hydrogens (tertiary/aromatic N) is 6. The summed E-state index contributed by atoms with van der Waals surface area (Å²) in [5.41, 5.74) is -0.788. The number of rotatable bonds is 4. The molecule has 4 rings (SSSR count). The van der Waals surface area contributed by atoms with Crippen LogP contribution in [0.4, 0.5) is 8.78 Å². The van der Waals surface area contributed by atoms with Crippen molar-refractivity contribution in [1.82, 2.24) is 29.5 Å². The van der Waals surface area contributed by atoms with Crippen LogP contribution < -0.4 is 0 Å². The third-order valence-electron chi connectivity index (χ3n) is 3.59. The maximum Gasteiger partial charge on any atom is 0.188 e. The summed E-state index contributed by atoms with van der Waals surface area (Å²) in [6, 6.07) is 3.40. The van der Waals surface area contributed by atoms with Gasteiger partial charge in [-0.25, -0.2) is 28.1 Å². The van der Waals surface area contributed by atoms with E-state index in [1.54, 1.807) is 0 Å². The summed E-state index contributed by atoms with van der Waals surface area (Å²) >= 11 is 0. The van der Waals surface area contributed by atoms with Gasteiger partial charge < -0.3 is 4.74 Å². The summed E-state index contributed by atoms with van der Waals surface area (Å²) in [6.45, 7) is 0.222. The normalized spacial score (nSPS) is 23.6. The SMILES string of the molecule is Fc1ccc([C@]2(Cn3cncn3)O[C@H]2n2cncn2)c(F)c1. The van der Waals surface area contributed by atoms with Gasteiger partial charge in [-0.05, 0) is 6.07 Å². The average molecular weight is 304 g/mol. The largest absolute Gasteiger partial charge is 0.335 e. The fraction of sp³-hybridized carbons (Fsp3) is 0.231. The smallest absolute Gasteiger partial charge is 0.188 e. The lowest BCUT2D eigenvalue weighted by Crippen LogP contribution is -2.22. The number of hydrogen-bond donors (Lipinski definition) is 0. The van der Waals surface area contributed by atoms with E-state index in [2.05, 4.69) is 20.2 Å². The van der Waals surface area contributed by atoms with E-state index in [-0.39, 0.29) is 12.1 Å². The molecule has 7 nitrogen and oxygen atoms in total. The van der Waals surface area contributed by atoms with Crippen LogP contribution in [0.1, 0.15) is 11.8 Å². The van der Waals surface area contributed by atoms with Crippen LogP contribution >= 0.6 is 0 Å². The van der Waals surface area contributed by atoms with Crippen LogP contribution in [0.25, 0.3) is 0 Å². The Hall–Kier alpha value is -2.68. The number of hydrogen-bond acceptors (Lipinski definition) is 5. The molecule has 1 aliphatic heterocycles. The summed E-state index contributed by atoms with van der Waals surface area (Å²) in [6.07, 6.45) is 5.18. The predicted octanol–water partition coefficient (Wildman–Crippen LogP) is 1.27. The highest BCUT2D eigenvalue weighted by Gasteiger charge is 2.61. The number of aromatic nitrogens is 6. The van der Waals surface area contributed by atoms with Crippen LogP contribution in [0, 0.1) is 11.6 Å². The molecule has 0 radical (unpaired) electrons. The van der Waals surface area contributed by atoms with Gasteiger partial charge in [-0.2, -0.15) is 10.2 Å². The van der Waals surface area contributed by atoms with E-state index in [9.17, 15) is 8.78 Å². The van der Waals surface area contributed by atoms with Crippen molar-refractivity contribution in [2.45, 2.75) is 18.4 Å². The second-order valence-electron chi connectivity index (χ2n) is 4.95. The molecule has 0 saturated carbocycles. The highest BCUT2D eigenvalue weighted by atomic mass is 19.1. The summed E-state index contributed by atoms with van der Waals surface area (Å²) < 4.78 is 36.1. The monoisotopic (exact) mass is 304 g/mol. The molecule has 3 aromatic rings. The Morgan fingerprint density at radius 1 is 1.14 bits per heavy atom. The molecular formula is C13H10F2N6O. The topological polar surface area (TPSA) is 74.0 Å². The number of halogens is 2. The molecule has 22 heavy (non-hydrogen) atoms. The lowest BCUT2D eigenvalue weighted by atomic mass is 9.97. The molecule has 1 fully saturated rings.